The molecule has 5 rings (SSSR count). The molecule has 1 aliphatic carbocycles. The number of carbonyl (C=O) groups excluding carboxylic acids is 2. The van der Waals surface area contributed by atoms with E-state index in [1.54, 1.807) is 23.8 Å². The number of aromatic nitrogens is 3. The summed E-state index contributed by atoms with van der Waals surface area (Å²) < 4.78 is 6.82. The smallest absolute Gasteiger partial charge is 0.257 e. The molecule has 8 nitrogen and oxygen atoms in total. The van der Waals surface area contributed by atoms with Crippen molar-refractivity contribution in [3.05, 3.63) is 59.1 Å². The molecule has 4 aromatic rings. The lowest BCUT2D eigenvalue weighted by Crippen LogP contribution is -2.28. The van der Waals surface area contributed by atoms with E-state index in [-0.39, 0.29) is 23.3 Å². The van der Waals surface area contributed by atoms with Crippen LogP contribution in [0.15, 0.2) is 48.5 Å². The molecule has 2 N–H and O–H groups in total. The standard InChI is InChI=1S/C24H22ClN5O3/c1-33-13-12-26-24(32)19-20-22(28-18-5-3-2-4-17(18)27-20)30(16-10-8-15(25)9-11-16)21(19)29-23(31)14-6-7-14/h2-5,8-11,14H,6-7,12-13H2,1H3,(H,26,32)(H,29,31). The summed E-state index contributed by atoms with van der Waals surface area (Å²) in [7, 11) is 1.57. The maximum absolute atomic E-state index is 13.3. The first-order valence-corrected chi connectivity index (χ1v) is 11.1. The van der Waals surface area contributed by atoms with Crippen molar-refractivity contribution in [2.24, 2.45) is 5.92 Å². The number of carbonyl (C=O) groups is 2. The molecule has 1 fully saturated rings. The molecule has 1 saturated carbocycles. The third kappa shape index (κ3) is 4.15. The second-order valence-electron chi connectivity index (χ2n) is 7.93. The minimum absolute atomic E-state index is 0.0499. The van der Waals surface area contributed by atoms with Crippen molar-refractivity contribution in [3.8, 4) is 5.69 Å². The Morgan fingerprint density at radius 1 is 1.09 bits per heavy atom. The number of para-hydroxylation sites is 2. The number of rotatable bonds is 7. The highest BCUT2D eigenvalue weighted by Crippen LogP contribution is 2.36. The predicted molar refractivity (Wildman–Crippen MR) is 127 cm³/mol. The van der Waals surface area contributed by atoms with Gasteiger partial charge in [0.05, 0.1) is 17.6 Å². The van der Waals surface area contributed by atoms with Gasteiger partial charge in [0.1, 0.15) is 16.9 Å². The summed E-state index contributed by atoms with van der Waals surface area (Å²) in [5, 5.41) is 6.42. The summed E-state index contributed by atoms with van der Waals surface area (Å²) in [5.74, 6) is -0.190. The highest BCUT2D eigenvalue weighted by Gasteiger charge is 2.33. The molecule has 0 radical (unpaired) electrons. The zero-order valence-electron chi connectivity index (χ0n) is 18.0. The van der Waals surface area contributed by atoms with Crippen LogP contribution in [-0.2, 0) is 9.53 Å². The van der Waals surface area contributed by atoms with Crippen LogP contribution in [0.4, 0.5) is 5.82 Å². The first kappa shape index (κ1) is 21.4. The largest absolute Gasteiger partial charge is 0.383 e. The minimum atomic E-state index is -0.361. The Balaban J connectivity index is 1.78. The average Bonchev–Trinajstić information content (AvgIpc) is 3.62. The number of nitrogens with zero attached hydrogens (tertiary/aromatic N) is 3. The minimum Gasteiger partial charge on any atom is -0.383 e. The molecular formula is C24H22ClN5O3. The number of benzene rings is 2. The van der Waals surface area contributed by atoms with Crippen molar-refractivity contribution in [3.63, 3.8) is 0 Å². The molecule has 0 spiro atoms. The van der Waals surface area contributed by atoms with Gasteiger partial charge >= 0.3 is 0 Å². The summed E-state index contributed by atoms with van der Waals surface area (Å²) in [4.78, 5) is 35.7. The maximum Gasteiger partial charge on any atom is 0.257 e. The Kier molecular flexibility index (Phi) is 5.70. The van der Waals surface area contributed by atoms with E-state index in [2.05, 4.69) is 10.6 Å². The Labute approximate surface area is 194 Å². The predicted octanol–water partition coefficient (Wildman–Crippen LogP) is 3.95. The van der Waals surface area contributed by atoms with Gasteiger partial charge < -0.3 is 15.4 Å². The molecule has 33 heavy (non-hydrogen) atoms. The maximum atomic E-state index is 13.3. The van der Waals surface area contributed by atoms with Crippen molar-refractivity contribution in [2.75, 3.05) is 25.6 Å². The molecule has 0 unspecified atom stereocenters. The molecule has 1 aliphatic rings. The Morgan fingerprint density at radius 2 is 1.79 bits per heavy atom. The highest BCUT2D eigenvalue weighted by atomic mass is 35.5. The number of methoxy groups -OCH3 is 1. The van der Waals surface area contributed by atoms with Gasteiger partial charge in [-0.3, -0.25) is 14.2 Å². The van der Waals surface area contributed by atoms with Gasteiger partial charge in [-0.1, -0.05) is 23.7 Å². The molecular weight excluding hydrogens is 442 g/mol. The van der Waals surface area contributed by atoms with E-state index in [4.69, 9.17) is 26.3 Å². The van der Waals surface area contributed by atoms with Crippen molar-refractivity contribution in [1.82, 2.24) is 19.9 Å². The fourth-order valence-electron chi connectivity index (χ4n) is 3.74. The van der Waals surface area contributed by atoms with Gasteiger partial charge in [-0.25, -0.2) is 9.97 Å². The van der Waals surface area contributed by atoms with Crippen LogP contribution in [0.2, 0.25) is 5.02 Å². The molecule has 168 valence electrons. The number of ether oxygens (including phenoxy) is 1. The van der Waals surface area contributed by atoms with Gasteiger partial charge in [0.25, 0.3) is 5.91 Å². The van der Waals surface area contributed by atoms with Gasteiger partial charge in [-0.2, -0.15) is 0 Å². The first-order valence-electron chi connectivity index (χ1n) is 10.7. The molecule has 9 heteroatoms. The summed E-state index contributed by atoms with van der Waals surface area (Å²) in [6.07, 6.45) is 1.67. The van der Waals surface area contributed by atoms with Crippen LogP contribution in [0.25, 0.3) is 27.9 Å². The van der Waals surface area contributed by atoms with Crippen LogP contribution in [0.3, 0.4) is 0 Å². The van der Waals surface area contributed by atoms with Crippen LogP contribution in [0.5, 0.6) is 0 Å². The van der Waals surface area contributed by atoms with E-state index in [0.29, 0.717) is 51.9 Å². The van der Waals surface area contributed by atoms with Crippen LogP contribution in [0, 0.1) is 5.92 Å². The van der Waals surface area contributed by atoms with Gasteiger partial charge in [0.2, 0.25) is 5.91 Å². The average molecular weight is 464 g/mol. The Bertz CT molecular complexity index is 1360. The molecule has 0 bridgehead atoms. The van der Waals surface area contributed by atoms with Gasteiger partial charge in [-0.15, -0.1) is 0 Å². The lowest BCUT2D eigenvalue weighted by molar-refractivity contribution is -0.117. The number of hydrogen-bond acceptors (Lipinski definition) is 5. The number of nitrogens with one attached hydrogen (secondary N) is 2. The molecule has 2 heterocycles. The monoisotopic (exact) mass is 463 g/mol. The van der Waals surface area contributed by atoms with E-state index in [9.17, 15) is 9.59 Å². The zero-order chi connectivity index (χ0) is 22.9. The summed E-state index contributed by atoms with van der Waals surface area (Å²) >= 11 is 6.11. The third-order valence-electron chi connectivity index (χ3n) is 5.55. The normalized spacial score (nSPS) is 13.4. The lowest BCUT2D eigenvalue weighted by Gasteiger charge is -2.13. The SMILES string of the molecule is COCCNC(=O)c1c(NC(=O)C2CC2)n(-c2ccc(Cl)cc2)c2nc3ccccc3nc12. The number of halogens is 1. The van der Waals surface area contributed by atoms with Crippen LogP contribution in [-0.4, -0.2) is 46.6 Å². The second-order valence-corrected chi connectivity index (χ2v) is 8.37. The highest BCUT2D eigenvalue weighted by molar-refractivity contribution is 6.30. The Hall–Kier alpha value is -3.49. The van der Waals surface area contributed by atoms with Gasteiger partial charge in [-0.05, 0) is 49.2 Å². The van der Waals surface area contributed by atoms with Crippen LogP contribution in [0.1, 0.15) is 23.2 Å². The third-order valence-corrected chi connectivity index (χ3v) is 5.81. The van der Waals surface area contributed by atoms with Crippen molar-refractivity contribution in [1.29, 1.82) is 0 Å². The molecule has 0 atom stereocenters. The van der Waals surface area contributed by atoms with E-state index in [1.165, 1.54) is 0 Å². The fourth-order valence-corrected chi connectivity index (χ4v) is 3.86. The number of hydrogen-bond donors (Lipinski definition) is 2. The second kappa shape index (κ2) is 8.80. The summed E-state index contributed by atoms with van der Waals surface area (Å²) in [5.41, 5.74) is 3.19. The first-order chi connectivity index (χ1) is 16.1. The molecule has 2 aromatic heterocycles. The van der Waals surface area contributed by atoms with Crippen LogP contribution < -0.4 is 10.6 Å². The zero-order valence-corrected chi connectivity index (χ0v) is 18.7. The fraction of sp³-hybridized carbons (Fsp3) is 0.250. The molecule has 2 aromatic carbocycles. The molecule has 2 amide bonds. The van der Waals surface area contributed by atoms with E-state index < -0.39 is 0 Å². The van der Waals surface area contributed by atoms with Gasteiger partial charge in [0, 0.05) is 30.3 Å². The number of fused-ring (bicyclic) bond motifs is 2. The Morgan fingerprint density at radius 3 is 2.45 bits per heavy atom. The molecule has 0 aliphatic heterocycles. The van der Waals surface area contributed by atoms with Gasteiger partial charge in [0.15, 0.2) is 5.65 Å². The molecule has 0 saturated heterocycles. The van der Waals surface area contributed by atoms with E-state index >= 15 is 0 Å². The van der Waals surface area contributed by atoms with Crippen molar-refractivity contribution < 1.29 is 14.3 Å². The quantitative estimate of drug-likeness (QED) is 0.404. The van der Waals surface area contributed by atoms with Crippen LogP contribution >= 0.6 is 11.6 Å². The van der Waals surface area contributed by atoms with E-state index in [0.717, 1.165) is 12.8 Å². The summed E-state index contributed by atoms with van der Waals surface area (Å²) in [6.45, 7) is 0.680. The number of anilines is 1. The van der Waals surface area contributed by atoms with Crippen molar-refractivity contribution in [2.45, 2.75) is 12.8 Å². The van der Waals surface area contributed by atoms with Crippen molar-refractivity contribution >= 4 is 51.4 Å². The topological polar surface area (TPSA) is 98.1 Å². The lowest BCUT2D eigenvalue weighted by atomic mass is 10.2. The summed E-state index contributed by atoms with van der Waals surface area (Å²) in [6, 6.07) is 14.6. The van der Waals surface area contributed by atoms with E-state index in [1.807, 2.05) is 36.4 Å². The number of amides is 2.